The number of carbonyl (C=O) groups is 1. The van der Waals surface area contributed by atoms with Crippen LogP contribution in [0.1, 0.15) is 17.8 Å². The second-order valence-electron chi connectivity index (χ2n) is 6.95. The molecule has 140 valence electrons. The molecule has 0 atom stereocenters. The van der Waals surface area contributed by atoms with Crippen LogP contribution < -0.4 is 0 Å². The third-order valence-corrected chi connectivity index (χ3v) is 5.09. The monoisotopic (exact) mass is 366 g/mol. The molecule has 1 amide bonds. The molecule has 2 aromatic carbocycles. The lowest BCUT2D eigenvalue weighted by Crippen LogP contribution is -2.48. The number of fused-ring (bicyclic) bond motifs is 1. The number of hydrogen-bond donors (Lipinski definition) is 1. The minimum atomic E-state index is -0.165. The van der Waals surface area contributed by atoms with Gasteiger partial charge in [0.15, 0.2) is 0 Å². The maximum atomic E-state index is 13.8. The lowest BCUT2D eigenvalue weighted by molar-refractivity contribution is -0.133. The van der Waals surface area contributed by atoms with Crippen LogP contribution in [0.15, 0.2) is 48.5 Å². The Kier molecular flexibility index (Phi) is 5.16. The van der Waals surface area contributed by atoms with Gasteiger partial charge in [-0.1, -0.05) is 30.3 Å². The average molecular weight is 366 g/mol. The molecule has 1 aromatic heterocycles. The summed E-state index contributed by atoms with van der Waals surface area (Å²) in [5.74, 6) is 0.838. The first-order chi connectivity index (χ1) is 13.2. The number of aryl methyl sites for hydroxylation is 1. The normalized spacial score (nSPS) is 15.4. The number of amides is 1. The molecule has 1 fully saturated rings. The summed E-state index contributed by atoms with van der Waals surface area (Å²) in [6, 6.07) is 14.8. The first-order valence-electron chi connectivity index (χ1n) is 9.36. The summed E-state index contributed by atoms with van der Waals surface area (Å²) in [6.45, 7) is 3.50. The SMILES string of the molecule is O=C(CCc1nc2ccccc2[nH]1)N1CCN(Cc2ccccc2F)CC1. The van der Waals surface area contributed by atoms with Crippen molar-refractivity contribution in [2.45, 2.75) is 19.4 Å². The van der Waals surface area contributed by atoms with Gasteiger partial charge in [-0.05, 0) is 18.2 Å². The number of H-pyrrole nitrogens is 1. The van der Waals surface area contributed by atoms with E-state index in [1.807, 2.05) is 41.3 Å². The first kappa shape index (κ1) is 17.7. The second-order valence-corrected chi connectivity index (χ2v) is 6.95. The number of aromatic amines is 1. The molecule has 1 aliphatic heterocycles. The van der Waals surface area contributed by atoms with Gasteiger partial charge in [0.1, 0.15) is 11.6 Å². The molecule has 1 N–H and O–H groups in total. The van der Waals surface area contributed by atoms with Crippen LogP contribution in [0.25, 0.3) is 11.0 Å². The predicted molar refractivity (Wildman–Crippen MR) is 103 cm³/mol. The number of piperazine rings is 1. The van der Waals surface area contributed by atoms with Gasteiger partial charge < -0.3 is 9.88 Å². The highest BCUT2D eigenvalue weighted by molar-refractivity contribution is 5.77. The van der Waals surface area contributed by atoms with E-state index >= 15 is 0 Å². The fraction of sp³-hybridized carbons (Fsp3) is 0.333. The molecule has 6 heteroatoms. The van der Waals surface area contributed by atoms with Crippen molar-refractivity contribution in [2.24, 2.45) is 0 Å². The third kappa shape index (κ3) is 4.17. The number of carbonyl (C=O) groups excluding carboxylic acids is 1. The zero-order valence-electron chi connectivity index (χ0n) is 15.2. The van der Waals surface area contributed by atoms with E-state index in [0.29, 0.717) is 38.0 Å². The van der Waals surface area contributed by atoms with Crippen LogP contribution in [0.4, 0.5) is 4.39 Å². The summed E-state index contributed by atoms with van der Waals surface area (Å²) in [7, 11) is 0. The van der Waals surface area contributed by atoms with E-state index in [4.69, 9.17) is 0 Å². The molecule has 3 aromatic rings. The van der Waals surface area contributed by atoms with E-state index in [2.05, 4.69) is 14.9 Å². The molecule has 0 unspecified atom stereocenters. The Morgan fingerprint density at radius 2 is 1.78 bits per heavy atom. The summed E-state index contributed by atoms with van der Waals surface area (Å²) in [5.41, 5.74) is 2.64. The maximum Gasteiger partial charge on any atom is 0.223 e. The molecule has 0 saturated carbocycles. The molecular weight excluding hydrogens is 343 g/mol. The van der Waals surface area contributed by atoms with Gasteiger partial charge in [0.05, 0.1) is 11.0 Å². The number of halogens is 1. The number of benzene rings is 2. The fourth-order valence-corrected chi connectivity index (χ4v) is 3.53. The van der Waals surface area contributed by atoms with Gasteiger partial charge in [0, 0.05) is 51.1 Å². The summed E-state index contributed by atoms with van der Waals surface area (Å²) < 4.78 is 13.8. The number of imidazole rings is 1. The fourth-order valence-electron chi connectivity index (χ4n) is 3.53. The van der Waals surface area contributed by atoms with Crippen molar-refractivity contribution < 1.29 is 9.18 Å². The van der Waals surface area contributed by atoms with Gasteiger partial charge in [0.25, 0.3) is 0 Å². The van der Waals surface area contributed by atoms with E-state index < -0.39 is 0 Å². The first-order valence-corrected chi connectivity index (χ1v) is 9.36. The summed E-state index contributed by atoms with van der Waals surface area (Å²) >= 11 is 0. The smallest absolute Gasteiger partial charge is 0.223 e. The zero-order chi connectivity index (χ0) is 18.6. The number of aromatic nitrogens is 2. The van der Waals surface area contributed by atoms with Crippen LogP contribution in [0.3, 0.4) is 0 Å². The standard InChI is InChI=1S/C21H23FN4O/c22-17-6-2-1-5-16(17)15-25-11-13-26(14-12-25)21(27)10-9-20-23-18-7-3-4-8-19(18)24-20/h1-8H,9-15H2,(H,23,24). The van der Waals surface area contributed by atoms with Crippen molar-refractivity contribution in [3.63, 3.8) is 0 Å². The van der Waals surface area contributed by atoms with Crippen molar-refractivity contribution in [2.75, 3.05) is 26.2 Å². The van der Waals surface area contributed by atoms with E-state index in [-0.39, 0.29) is 11.7 Å². The Labute approximate surface area is 157 Å². The molecular formula is C21H23FN4O. The molecule has 0 radical (unpaired) electrons. The van der Waals surface area contributed by atoms with Gasteiger partial charge in [-0.15, -0.1) is 0 Å². The Balaban J connectivity index is 1.26. The lowest BCUT2D eigenvalue weighted by atomic mass is 10.1. The predicted octanol–water partition coefficient (Wildman–Crippen LogP) is 2.98. The van der Waals surface area contributed by atoms with Crippen LogP contribution in [0.2, 0.25) is 0 Å². The summed E-state index contributed by atoms with van der Waals surface area (Å²) in [6.07, 6.45) is 1.07. The molecule has 27 heavy (non-hydrogen) atoms. The number of nitrogens with zero attached hydrogens (tertiary/aromatic N) is 3. The van der Waals surface area contributed by atoms with Gasteiger partial charge in [-0.2, -0.15) is 0 Å². The van der Waals surface area contributed by atoms with Crippen molar-refractivity contribution in [1.29, 1.82) is 0 Å². The maximum absolute atomic E-state index is 13.8. The van der Waals surface area contributed by atoms with Gasteiger partial charge >= 0.3 is 0 Å². The molecule has 0 bridgehead atoms. The molecule has 0 spiro atoms. The Morgan fingerprint density at radius 3 is 2.56 bits per heavy atom. The Bertz CT molecular complexity index is 898. The molecule has 1 aliphatic rings. The van der Waals surface area contributed by atoms with Crippen LogP contribution >= 0.6 is 0 Å². The van der Waals surface area contributed by atoms with Crippen molar-refractivity contribution in [3.05, 3.63) is 65.7 Å². The van der Waals surface area contributed by atoms with Gasteiger partial charge in [-0.3, -0.25) is 9.69 Å². The average Bonchev–Trinajstić information content (AvgIpc) is 3.11. The molecule has 2 heterocycles. The minimum Gasteiger partial charge on any atom is -0.342 e. The zero-order valence-corrected chi connectivity index (χ0v) is 15.2. The van der Waals surface area contributed by atoms with E-state index in [0.717, 1.165) is 29.9 Å². The molecule has 5 nitrogen and oxygen atoms in total. The van der Waals surface area contributed by atoms with Crippen molar-refractivity contribution in [1.82, 2.24) is 19.8 Å². The van der Waals surface area contributed by atoms with Crippen LogP contribution in [-0.4, -0.2) is 51.9 Å². The number of hydrogen-bond acceptors (Lipinski definition) is 3. The quantitative estimate of drug-likeness (QED) is 0.755. The highest BCUT2D eigenvalue weighted by Crippen LogP contribution is 2.14. The number of para-hydroxylation sites is 2. The van der Waals surface area contributed by atoms with Crippen molar-refractivity contribution in [3.8, 4) is 0 Å². The van der Waals surface area contributed by atoms with E-state index in [1.165, 1.54) is 6.07 Å². The topological polar surface area (TPSA) is 52.2 Å². The van der Waals surface area contributed by atoms with E-state index in [9.17, 15) is 9.18 Å². The van der Waals surface area contributed by atoms with Gasteiger partial charge in [0.2, 0.25) is 5.91 Å². The van der Waals surface area contributed by atoms with Gasteiger partial charge in [-0.25, -0.2) is 9.37 Å². The number of rotatable bonds is 5. The lowest BCUT2D eigenvalue weighted by Gasteiger charge is -2.34. The second kappa shape index (κ2) is 7.88. The Morgan fingerprint density at radius 1 is 1.04 bits per heavy atom. The molecule has 4 rings (SSSR count). The van der Waals surface area contributed by atoms with E-state index in [1.54, 1.807) is 6.07 Å². The summed E-state index contributed by atoms with van der Waals surface area (Å²) in [5, 5.41) is 0. The van der Waals surface area contributed by atoms with Crippen LogP contribution in [0, 0.1) is 5.82 Å². The summed E-state index contributed by atoms with van der Waals surface area (Å²) in [4.78, 5) is 24.4. The molecule has 1 saturated heterocycles. The highest BCUT2D eigenvalue weighted by atomic mass is 19.1. The minimum absolute atomic E-state index is 0.154. The number of nitrogens with one attached hydrogen (secondary N) is 1. The van der Waals surface area contributed by atoms with Crippen molar-refractivity contribution >= 4 is 16.9 Å². The van der Waals surface area contributed by atoms with Crippen LogP contribution in [-0.2, 0) is 17.8 Å². The Hall–Kier alpha value is -2.73. The van der Waals surface area contributed by atoms with Crippen LogP contribution in [0.5, 0.6) is 0 Å². The highest BCUT2D eigenvalue weighted by Gasteiger charge is 2.21. The third-order valence-electron chi connectivity index (χ3n) is 5.09. The molecule has 0 aliphatic carbocycles. The largest absolute Gasteiger partial charge is 0.342 e.